The average Bonchev–Trinajstić information content (AvgIpc) is 2.69. The van der Waals surface area contributed by atoms with Crippen LogP contribution >= 0.6 is 0 Å². The number of halogens is 1. The highest BCUT2D eigenvalue weighted by Gasteiger charge is 2.14. The molecule has 0 aliphatic carbocycles. The van der Waals surface area contributed by atoms with E-state index in [4.69, 9.17) is 0 Å². The lowest BCUT2D eigenvalue weighted by atomic mass is 10.1. The van der Waals surface area contributed by atoms with Crippen molar-refractivity contribution in [2.45, 2.75) is 0 Å². The number of hydrogen-bond acceptors (Lipinski definition) is 3. The molecule has 0 saturated heterocycles. The normalized spacial score (nSPS) is 14.2. The maximum atomic E-state index is 12.8. The second kappa shape index (κ2) is 3.49. The zero-order valence-corrected chi connectivity index (χ0v) is 7.38. The maximum absolute atomic E-state index is 12.8. The van der Waals surface area contributed by atoms with E-state index in [1.165, 1.54) is 18.2 Å². The minimum Gasteiger partial charge on any atom is -0.372 e. The van der Waals surface area contributed by atoms with Gasteiger partial charge in [0, 0.05) is 11.8 Å². The van der Waals surface area contributed by atoms with Crippen molar-refractivity contribution in [2.75, 3.05) is 6.67 Å². The molecule has 1 aromatic carbocycles. The molecule has 0 amide bonds. The van der Waals surface area contributed by atoms with Gasteiger partial charge in [0.1, 0.15) is 11.5 Å². The highest BCUT2D eigenvalue weighted by molar-refractivity contribution is 6.08. The molecule has 0 bridgehead atoms. The highest BCUT2D eigenvalue weighted by atomic mass is 19.1. The van der Waals surface area contributed by atoms with Crippen LogP contribution in [0.3, 0.4) is 0 Å². The zero-order chi connectivity index (χ0) is 9.97. The number of ketones is 1. The SMILES string of the molecule is O=C(C1=CNCN1)c1cccc(F)c1. The predicted molar refractivity (Wildman–Crippen MR) is 50.0 cm³/mol. The Morgan fingerprint density at radius 1 is 1.43 bits per heavy atom. The first-order valence-corrected chi connectivity index (χ1v) is 4.25. The van der Waals surface area contributed by atoms with E-state index in [1.54, 1.807) is 12.3 Å². The molecule has 0 spiro atoms. The van der Waals surface area contributed by atoms with Gasteiger partial charge in [-0.05, 0) is 12.1 Å². The number of benzene rings is 1. The Hall–Kier alpha value is -1.84. The van der Waals surface area contributed by atoms with Crippen molar-refractivity contribution < 1.29 is 9.18 Å². The number of carbonyl (C=O) groups excluding carboxylic acids is 1. The molecule has 0 unspecified atom stereocenters. The van der Waals surface area contributed by atoms with Crippen LogP contribution in [0.25, 0.3) is 0 Å². The topological polar surface area (TPSA) is 41.1 Å². The Bertz CT molecular complexity index is 401. The molecule has 1 heterocycles. The van der Waals surface area contributed by atoms with Crippen LogP contribution < -0.4 is 10.6 Å². The second-order valence-electron chi connectivity index (χ2n) is 2.96. The highest BCUT2D eigenvalue weighted by Crippen LogP contribution is 2.09. The lowest BCUT2D eigenvalue weighted by Gasteiger charge is -2.01. The average molecular weight is 192 g/mol. The third-order valence-corrected chi connectivity index (χ3v) is 1.96. The van der Waals surface area contributed by atoms with Crippen LogP contribution in [0.2, 0.25) is 0 Å². The van der Waals surface area contributed by atoms with Crippen LogP contribution in [0, 0.1) is 5.82 Å². The first kappa shape index (κ1) is 8.74. The largest absolute Gasteiger partial charge is 0.372 e. The van der Waals surface area contributed by atoms with Gasteiger partial charge in [-0.3, -0.25) is 4.79 Å². The van der Waals surface area contributed by atoms with Gasteiger partial charge in [-0.25, -0.2) is 4.39 Å². The van der Waals surface area contributed by atoms with Gasteiger partial charge >= 0.3 is 0 Å². The van der Waals surface area contributed by atoms with E-state index in [1.807, 2.05) is 0 Å². The summed E-state index contributed by atoms with van der Waals surface area (Å²) in [5.74, 6) is -0.600. The molecule has 1 aliphatic heterocycles. The van der Waals surface area contributed by atoms with Crippen LogP contribution in [0.4, 0.5) is 4.39 Å². The molecule has 1 aliphatic rings. The number of hydrogen-bond donors (Lipinski definition) is 2. The summed E-state index contributed by atoms with van der Waals surface area (Å²) in [4.78, 5) is 11.7. The van der Waals surface area contributed by atoms with Gasteiger partial charge in [0.25, 0.3) is 0 Å². The molecule has 0 atom stereocenters. The van der Waals surface area contributed by atoms with Gasteiger partial charge in [-0.15, -0.1) is 0 Å². The first-order valence-electron chi connectivity index (χ1n) is 4.25. The lowest BCUT2D eigenvalue weighted by Crippen LogP contribution is -2.19. The van der Waals surface area contributed by atoms with Gasteiger partial charge in [-0.1, -0.05) is 12.1 Å². The second-order valence-corrected chi connectivity index (χ2v) is 2.96. The summed E-state index contributed by atoms with van der Waals surface area (Å²) in [5, 5.41) is 5.70. The van der Waals surface area contributed by atoms with Crippen molar-refractivity contribution in [1.82, 2.24) is 10.6 Å². The van der Waals surface area contributed by atoms with Crippen molar-refractivity contribution in [3.05, 3.63) is 47.5 Å². The van der Waals surface area contributed by atoms with Gasteiger partial charge in [0.15, 0.2) is 0 Å². The molecule has 2 N–H and O–H groups in total. The molecule has 2 rings (SSSR count). The maximum Gasteiger partial charge on any atom is 0.210 e. The fraction of sp³-hybridized carbons (Fsp3) is 0.100. The Kier molecular flexibility index (Phi) is 2.18. The summed E-state index contributed by atoms with van der Waals surface area (Å²) in [5.41, 5.74) is 0.822. The van der Waals surface area contributed by atoms with Crippen molar-refractivity contribution in [3.8, 4) is 0 Å². The monoisotopic (exact) mass is 192 g/mol. The van der Waals surface area contributed by atoms with Crippen molar-refractivity contribution >= 4 is 5.78 Å². The molecule has 72 valence electrons. The van der Waals surface area contributed by atoms with E-state index in [2.05, 4.69) is 10.6 Å². The molecule has 0 saturated carbocycles. The number of rotatable bonds is 2. The molecular formula is C10H9FN2O. The van der Waals surface area contributed by atoms with Gasteiger partial charge < -0.3 is 10.6 Å². The minimum atomic E-state index is -0.401. The Balaban J connectivity index is 2.27. The van der Waals surface area contributed by atoms with E-state index < -0.39 is 5.82 Å². The van der Waals surface area contributed by atoms with E-state index >= 15 is 0 Å². The summed E-state index contributed by atoms with van der Waals surface area (Å²) >= 11 is 0. The first-order chi connectivity index (χ1) is 6.77. The van der Waals surface area contributed by atoms with Crippen molar-refractivity contribution in [2.24, 2.45) is 0 Å². The summed E-state index contributed by atoms with van der Waals surface area (Å²) in [6.45, 7) is 0.538. The summed E-state index contributed by atoms with van der Waals surface area (Å²) in [7, 11) is 0. The Labute approximate surface area is 80.6 Å². The van der Waals surface area contributed by atoms with Crippen molar-refractivity contribution in [1.29, 1.82) is 0 Å². The quantitative estimate of drug-likeness (QED) is 0.687. The lowest BCUT2D eigenvalue weighted by molar-refractivity contribution is 0.102. The van der Waals surface area contributed by atoms with Gasteiger partial charge in [-0.2, -0.15) is 0 Å². The third kappa shape index (κ3) is 1.59. The number of Topliss-reactive ketones (excluding diaryl/α,β-unsaturated/α-hetero) is 1. The standard InChI is InChI=1S/C10H9FN2O/c11-8-3-1-2-7(4-8)10(14)9-5-12-6-13-9/h1-5,12-13H,6H2. The van der Waals surface area contributed by atoms with Crippen LogP contribution in [-0.2, 0) is 0 Å². The number of allylic oxidation sites excluding steroid dienone is 1. The van der Waals surface area contributed by atoms with Crippen LogP contribution in [0.15, 0.2) is 36.2 Å². The zero-order valence-electron chi connectivity index (χ0n) is 7.38. The molecule has 0 fully saturated rings. The van der Waals surface area contributed by atoms with E-state index in [9.17, 15) is 9.18 Å². The smallest absolute Gasteiger partial charge is 0.210 e. The Morgan fingerprint density at radius 3 is 2.93 bits per heavy atom. The molecule has 1 aromatic rings. The van der Waals surface area contributed by atoms with Crippen LogP contribution in [-0.4, -0.2) is 12.5 Å². The van der Waals surface area contributed by atoms with Crippen LogP contribution in [0.5, 0.6) is 0 Å². The summed E-state index contributed by atoms with van der Waals surface area (Å²) < 4.78 is 12.8. The molecule has 4 heteroatoms. The fourth-order valence-corrected chi connectivity index (χ4v) is 1.28. The van der Waals surface area contributed by atoms with Crippen molar-refractivity contribution in [3.63, 3.8) is 0 Å². The molecule has 0 radical (unpaired) electrons. The third-order valence-electron chi connectivity index (χ3n) is 1.96. The van der Waals surface area contributed by atoms with E-state index in [0.29, 0.717) is 17.9 Å². The van der Waals surface area contributed by atoms with Crippen LogP contribution in [0.1, 0.15) is 10.4 Å². The molecular weight excluding hydrogens is 183 g/mol. The van der Waals surface area contributed by atoms with E-state index in [-0.39, 0.29) is 5.78 Å². The molecule has 14 heavy (non-hydrogen) atoms. The summed E-state index contributed by atoms with van der Waals surface area (Å²) in [6.07, 6.45) is 1.59. The molecule has 3 nitrogen and oxygen atoms in total. The number of nitrogens with one attached hydrogen (secondary N) is 2. The number of carbonyl (C=O) groups is 1. The Morgan fingerprint density at radius 2 is 2.29 bits per heavy atom. The fourth-order valence-electron chi connectivity index (χ4n) is 1.28. The van der Waals surface area contributed by atoms with E-state index in [0.717, 1.165) is 0 Å². The molecule has 0 aromatic heterocycles. The summed E-state index contributed by atoms with van der Waals surface area (Å²) in [6, 6.07) is 5.65. The van der Waals surface area contributed by atoms with Gasteiger partial charge in [0.05, 0.1) is 6.67 Å². The predicted octanol–water partition coefficient (Wildman–Crippen LogP) is 1.00. The van der Waals surface area contributed by atoms with Gasteiger partial charge in [0.2, 0.25) is 5.78 Å². The minimum absolute atomic E-state index is 0.200.